The second kappa shape index (κ2) is 5.89. The third kappa shape index (κ3) is 3.14. The summed E-state index contributed by atoms with van der Waals surface area (Å²) in [6.45, 7) is 0.336. The number of halogens is 3. The number of aromatic nitrogens is 1. The summed E-state index contributed by atoms with van der Waals surface area (Å²) < 4.78 is 6.49. The molecule has 2 rings (SSSR count). The van der Waals surface area contributed by atoms with Gasteiger partial charge in [0.25, 0.3) is 0 Å². The van der Waals surface area contributed by atoms with E-state index in [1.807, 2.05) is 6.07 Å². The van der Waals surface area contributed by atoms with Crippen molar-refractivity contribution in [2.75, 3.05) is 0 Å². The molecule has 0 unspecified atom stereocenters. The van der Waals surface area contributed by atoms with Crippen molar-refractivity contribution in [3.63, 3.8) is 0 Å². The SMILES string of the molecule is NCc1cc(Br)cnc1Oc1ccc(Cl)c(Cl)c1. The molecule has 0 fully saturated rings. The van der Waals surface area contributed by atoms with Crippen molar-refractivity contribution in [3.8, 4) is 11.6 Å². The summed E-state index contributed by atoms with van der Waals surface area (Å²) in [6.07, 6.45) is 1.64. The van der Waals surface area contributed by atoms with Gasteiger partial charge in [0.05, 0.1) is 10.0 Å². The van der Waals surface area contributed by atoms with Crippen LogP contribution in [0.25, 0.3) is 0 Å². The Balaban J connectivity index is 2.30. The molecular formula is C12H9BrCl2N2O. The summed E-state index contributed by atoms with van der Waals surface area (Å²) in [6, 6.07) is 6.88. The third-order valence-corrected chi connectivity index (χ3v) is 3.39. The van der Waals surface area contributed by atoms with E-state index in [1.54, 1.807) is 24.4 Å². The molecule has 0 saturated carbocycles. The van der Waals surface area contributed by atoms with Crippen molar-refractivity contribution in [1.82, 2.24) is 4.98 Å². The third-order valence-electron chi connectivity index (χ3n) is 2.22. The van der Waals surface area contributed by atoms with Crippen LogP contribution in [0.1, 0.15) is 5.56 Å². The van der Waals surface area contributed by atoms with Crippen molar-refractivity contribution in [1.29, 1.82) is 0 Å². The molecule has 18 heavy (non-hydrogen) atoms. The molecule has 0 amide bonds. The lowest BCUT2D eigenvalue weighted by molar-refractivity contribution is 0.456. The molecule has 0 radical (unpaired) electrons. The van der Waals surface area contributed by atoms with Gasteiger partial charge in [-0.1, -0.05) is 23.2 Å². The minimum Gasteiger partial charge on any atom is -0.439 e. The predicted octanol–water partition coefficient (Wildman–Crippen LogP) is 4.40. The first-order valence-corrected chi connectivity index (χ1v) is 6.62. The minimum absolute atomic E-state index is 0.336. The van der Waals surface area contributed by atoms with Gasteiger partial charge in [-0.3, -0.25) is 0 Å². The van der Waals surface area contributed by atoms with Crippen molar-refractivity contribution in [2.24, 2.45) is 5.73 Å². The van der Waals surface area contributed by atoms with Gasteiger partial charge in [-0.15, -0.1) is 0 Å². The van der Waals surface area contributed by atoms with Crippen LogP contribution in [0.5, 0.6) is 11.6 Å². The van der Waals surface area contributed by atoms with Gasteiger partial charge < -0.3 is 10.5 Å². The first-order chi connectivity index (χ1) is 8.60. The molecule has 0 aliphatic rings. The van der Waals surface area contributed by atoms with E-state index in [0.717, 1.165) is 10.0 Å². The Bertz CT molecular complexity index is 578. The van der Waals surface area contributed by atoms with Gasteiger partial charge in [-0.2, -0.15) is 0 Å². The molecule has 2 aromatic rings. The lowest BCUT2D eigenvalue weighted by atomic mass is 10.3. The van der Waals surface area contributed by atoms with E-state index < -0.39 is 0 Å². The zero-order chi connectivity index (χ0) is 13.1. The fourth-order valence-electron chi connectivity index (χ4n) is 1.36. The van der Waals surface area contributed by atoms with Crippen LogP contribution in [0.4, 0.5) is 0 Å². The first kappa shape index (κ1) is 13.6. The highest BCUT2D eigenvalue weighted by Crippen LogP contribution is 2.30. The van der Waals surface area contributed by atoms with Gasteiger partial charge in [0.2, 0.25) is 5.88 Å². The van der Waals surface area contributed by atoms with Crippen LogP contribution in [-0.2, 0) is 6.54 Å². The van der Waals surface area contributed by atoms with Crippen LogP contribution >= 0.6 is 39.1 Å². The molecule has 0 spiro atoms. The van der Waals surface area contributed by atoms with Crippen molar-refractivity contribution in [2.45, 2.75) is 6.54 Å². The summed E-state index contributed by atoms with van der Waals surface area (Å²) >= 11 is 15.1. The van der Waals surface area contributed by atoms with Crippen molar-refractivity contribution < 1.29 is 4.74 Å². The topological polar surface area (TPSA) is 48.1 Å². The molecule has 1 heterocycles. The van der Waals surface area contributed by atoms with Gasteiger partial charge in [0, 0.05) is 28.8 Å². The van der Waals surface area contributed by atoms with Gasteiger partial charge in [-0.05, 0) is 34.1 Å². The monoisotopic (exact) mass is 346 g/mol. The number of nitrogens with zero attached hydrogens (tertiary/aromatic N) is 1. The summed E-state index contributed by atoms with van der Waals surface area (Å²) in [5, 5.41) is 0.910. The standard InChI is InChI=1S/C12H9BrCl2N2O/c13-8-3-7(5-16)12(17-6-8)18-9-1-2-10(14)11(15)4-9/h1-4,6H,5,16H2. The highest BCUT2D eigenvalue weighted by Gasteiger charge is 2.07. The molecular weight excluding hydrogens is 339 g/mol. The highest BCUT2D eigenvalue weighted by atomic mass is 79.9. The number of benzene rings is 1. The predicted molar refractivity (Wildman–Crippen MR) is 76.4 cm³/mol. The van der Waals surface area contributed by atoms with E-state index in [4.69, 9.17) is 33.7 Å². The maximum atomic E-state index is 5.91. The van der Waals surface area contributed by atoms with Crippen LogP contribution in [-0.4, -0.2) is 4.98 Å². The van der Waals surface area contributed by atoms with Crippen LogP contribution in [0.3, 0.4) is 0 Å². The van der Waals surface area contributed by atoms with Crippen LogP contribution in [0.2, 0.25) is 10.0 Å². The van der Waals surface area contributed by atoms with Crippen molar-refractivity contribution >= 4 is 39.1 Å². The smallest absolute Gasteiger partial charge is 0.223 e. The van der Waals surface area contributed by atoms with E-state index in [1.165, 1.54) is 0 Å². The Morgan fingerprint density at radius 3 is 2.67 bits per heavy atom. The summed E-state index contributed by atoms with van der Waals surface area (Å²) in [7, 11) is 0. The first-order valence-electron chi connectivity index (χ1n) is 5.07. The summed E-state index contributed by atoms with van der Waals surface area (Å²) in [5.74, 6) is 1.02. The van der Waals surface area contributed by atoms with Gasteiger partial charge in [-0.25, -0.2) is 4.98 Å². The molecule has 1 aromatic heterocycles. The van der Waals surface area contributed by atoms with Crippen LogP contribution < -0.4 is 10.5 Å². The number of hydrogen-bond acceptors (Lipinski definition) is 3. The van der Waals surface area contributed by atoms with Crippen LogP contribution in [0, 0.1) is 0 Å². The van der Waals surface area contributed by atoms with E-state index in [9.17, 15) is 0 Å². The van der Waals surface area contributed by atoms with E-state index >= 15 is 0 Å². The maximum Gasteiger partial charge on any atom is 0.223 e. The van der Waals surface area contributed by atoms with Gasteiger partial charge >= 0.3 is 0 Å². The van der Waals surface area contributed by atoms with Crippen molar-refractivity contribution in [3.05, 3.63) is 50.5 Å². The molecule has 0 bridgehead atoms. The molecule has 0 atom stereocenters. The molecule has 3 nitrogen and oxygen atoms in total. The van der Waals surface area contributed by atoms with Gasteiger partial charge in [0.1, 0.15) is 5.75 Å². The fourth-order valence-corrected chi connectivity index (χ4v) is 2.03. The summed E-state index contributed by atoms with van der Waals surface area (Å²) in [4.78, 5) is 4.17. The van der Waals surface area contributed by atoms with Gasteiger partial charge in [0.15, 0.2) is 0 Å². The quantitative estimate of drug-likeness (QED) is 0.894. The highest BCUT2D eigenvalue weighted by molar-refractivity contribution is 9.10. The molecule has 1 aromatic carbocycles. The number of ether oxygens (including phenoxy) is 1. The molecule has 0 aliphatic carbocycles. The number of rotatable bonds is 3. The Hall–Kier alpha value is -0.810. The molecule has 2 N–H and O–H groups in total. The Morgan fingerprint density at radius 1 is 1.22 bits per heavy atom. The van der Waals surface area contributed by atoms with E-state index in [2.05, 4.69) is 20.9 Å². The number of nitrogens with two attached hydrogens (primary N) is 1. The zero-order valence-corrected chi connectivity index (χ0v) is 12.3. The average molecular weight is 348 g/mol. The molecule has 0 aliphatic heterocycles. The lowest BCUT2D eigenvalue weighted by Crippen LogP contribution is -2.01. The maximum absolute atomic E-state index is 5.91. The number of hydrogen-bond donors (Lipinski definition) is 1. The molecule has 0 saturated heterocycles. The lowest BCUT2D eigenvalue weighted by Gasteiger charge is -2.09. The van der Waals surface area contributed by atoms with E-state index in [0.29, 0.717) is 28.2 Å². The Morgan fingerprint density at radius 2 is 2.00 bits per heavy atom. The summed E-state index contributed by atoms with van der Waals surface area (Å²) in [5.41, 5.74) is 6.44. The average Bonchev–Trinajstić information content (AvgIpc) is 2.36. The van der Waals surface area contributed by atoms with Crippen LogP contribution in [0.15, 0.2) is 34.9 Å². The zero-order valence-electron chi connectivity index (χ0n) is 9.16. The Labute approximate surface area is 123 Å². The van der Waals surface area contributed by atoms with E-state index in [-0.39, 0.29) is 0 Å². The Kier molecular flexibility index (Phi) is 4.45. The largest absolute Gasteiger partial charge is 0.439 e. The minimum atomic E-state index is 0.336. The normalized spacial score (nSPS) is 10.4. The second-order valence-electron chi connectivity index (χ2n) is 3.50. The number of pyridine rings is 1. The molecule has 94 valence electrons. The second-order valence-corrected chi connectivity index (χ2v) is 5.23. The molecule has 6 heteroatoms. The fraction of sp³-hybridized carbons (Fsp3) is 0.0833.